The minimum Gasteiger partial charge on any atom is -0.497 e. The van der Waals surface area contributed by atoms with Crippen LogP contribution in [-0.2, 0) is 22.6 Å². The summed E-state index contributed by atoms with van der Waals surface area (Å²) in [6.07, 6.45) is 1.01. The number of anilines is 2. The predicted molar refractivity (Wildman–Crippen MR) is 136 cm³/mol. The molecule has 1 aromatic heterocycles. The van der Waals surface area contributed by atoms with Gasteiger partial charge >= 0.3 is 0 Å². The number of carbonyl (C=O) groups excluding carboxylic acids is 3. The van der Waals surface area contributed by atoms with Crippen molar-refractivity contribution in [3.05, 3.63) is 75.5 Å². The third kappa shape index (κ3) is 4.53. The highest BCUT2D eigenvalue weighted by Gasteiger charge is 2.35. The lowest BCUT2D eigenvalue weighted by molar-refractivity contribution is -0.122. The molecule has 0 spiro atoms. The summed E-state index contributed by atoms with van der Waals surface area (Å²) < 4.78 is 5.18. The van der Waals surface area contributed by atoms with E-state index in [1.165, 1.54) is 10.4 Å². The van der Waals surface area contributed by atoms with Gasteiger partial charge in [-0.15, -0.1) is 11.3 Å². The molecule has 1 N–H and O–H groups in total. The average Bonchev–Trinajstić information content (AvgIpc) is 3.51. The van der Waals surface area contributed by atoms with E-state index < -0.39 is 5.92 Å². The van der Waals surface area contributed by atoms with Crippen molar-refractivity contribution in [3.8, 4) is 5.75 Å². The molecule has 3 aromatic rings. The molecule has 3 heterocycles. The van der Waals surface area contributed by atoms with Gasteiger partial charge in [0.25, 0.3) is 5.91 Å². The Morgan fingerprint density at radius 2 is 1.91 bits per heavy atom. The second kappa shape index (κ2) is 9.54. The lowest BCUT2D eigenvalue weighted by Crippen LogP contribution is -2.35. The molecule has 2 aliphatic rings. The van der Waals surface area contributed by atoms with Gasteiger partial charge in [-0.3, -0.25) is 14.4 Å². The van der Waals surface area contributed by atoms with Crippen molar-refractivity contribution in [2.45, 2.75) is 26.3 Å². The molecule has 2 aromatic carbocycles. The van der Waals surface area contributed by atoms with Crippen LogP contribution in [0.2, 0.25) is 0 Å². The molecule has 1 saturated heterocycles. The highest BCUT2D eigenvalue weighted by Crippen LogP contribution is 2.30. The van der Waals surface area contributed by atoms with Crippen LogP contribution in [0.25, 0.3) is 0 Å². The van der Waals surface area contributed by atoms with Gasteiger partial charge in [0, 0.05) is 47.9 Å². The average molecular weight is 490 g/mol. The normalized spacial score (nSPS) is 17.3. The van der Waals surface area contributed by atoms with Crippen LogP contribution >= 0.6 is 11.3 Å². The van der Waals surface area contributed by atoms with Crippen molar-refractivity contribution >= 4 is 40.4 Å². The molecule has 8 heteroatoms. The molecule has 0 radical (unpaired) electrons. The first kappa shape index (κ1) is 23.1. The number of rotatable bonds is 5. The fourth-order valence-corrected chi connectivity index (χ4v) is 5.61. The summed E-state index contributed by atoms with van der Waals surface area (Å²) >= 11 is 1.74. The number of hydrogen-bond donors (Lipinski definition) is 1. The summed E-state index contributed by atoms with van der Waals surface area (Å²) in [4.78, 5) is 43.8. The van der Waals surface area contributed by atoms with Crippen LogP contribution in [0.5, 0.6) is 5.75 Å². The van der Waals surface area contributed by atoms with E-state index >= 15 is 0 Å². The van der Waals surface area contributed by atoms with Crippen LogP contribution < -0.4 is 15.0 Å². The van der Waals surface area contributed by atoms with Gasteiger partial charge in [0.15, 0.2) is 0 Å². The quantitative estimate of drug-likeness (QED) is 0.581. The molecule has 5 rings (SSSR count). The SMILES string of the molecule is COc1ccc(N2CC(C(=O)Nc3cccc(C(=O)N4CCc5sccc5C4)c3C)CC2=O)cc1. The summed E-state index contributed by atoms with van der Waals surface area (Å²) in [7, 11) is 1.59. The minimum absolute atomic E-state index is 0.0304. The van der Waals surface area contributed by atoms with Gasteiger partial charge in [0.2, 0.25) is 11.8 Å². The number of amides is 3. The Balaban J connectivity index is 1.27. The van der Waals surface area contributed by atoms with Crippen molar-refractivity contribution in [1.82, 2.24) is 4.90 Å². The molecule has 0 aliphatic carbocycles. The van der Waals surface area contributed by atoms with Crippen LogP contribution in [-0.4, -0.2) is 42.8 Å². The van der Waals surface area contributed by atoms with Crippen molar-refractivity contribution in [2.24, 2.45) is 5.92 Å². The van der Waals surface area contributed by atoms with Crippen LogP contribution in [0.1, 0.15) is 32.8 Å². The van der Waals surface area contributed by atoms with Crippen LogP contribution in [0.15, 0.2) is 53.9 Å². The Morgan fingerprint density at radius 1 is 1.11 bits per heavy atom. The molecule has 3 amide bonds. The Kier molecular flexibility index (Phi) is 6.30. The first-order chi connectivity index (χ1) is 16.9. The van der Waals surface area contributed by atoms with Crippen LogP contribution in [0, 0.1) is 12.8 Å². The Bertz CT molecular complexity index is 1280. The highest BCUT2D eigenvalue weighted by molar-refractivity contribution is 7.10. The van der Waals surface area contributed by atoms with Crippen molar-refractivity contribution in [2.75, 3.05) is 30.4 Å². The second-order valence-electron chi connectivity index (χ2n) is 8.92. The molecule has 2 aliphatic heterocycles. The van der Waals surface area contributed by atoms with E-state index in [1.807, 2.05) is 24.0 Å². The van der Waals surface area contributed by atoms with Gasteiger partial charge < -0.3 is 19.9 Å². The van der Waals surface area contributed by atoms with Gasteiger partial charge in [-0.05, 0) is 72.3 Å². The number of nitrogens with zero attached hydrogens (tertiary/aromatic N) is 2. The predicted octanol–water partition coefficient (Wildman–Crippen LogP) is 4.26. The first-order valence-electron chi connectivity index (χ1n) is 11.6. The first-order valence-corrected chi connectivity index (χ1v) is 12.5. The van der Waals surface area contributed by atoms with Gasteiger partial charge in [-0.1, -0.05) is 6.07 Å². The molecular weight excluding hydrogens is 462 g/mol. The van der Waals surface area contributed by atoms with Crippen molar-refractivity contribution in [3.63, 3.8) is 0 Å². The van der Waals surface area contributed by atoms with E-state index in [4.69, 9.17) is 4.74 Å². The van der Waals surface area contributed by atoms with Gasteiger partial charge in [-0.2, -0.15) is 0 Å². The van der Waals surface area contributed by atoms with Crippen molar-refractivity contribution < 1.29 is 19.1 Å². The minimum atomic E-state index is -0.470. The largest absolute Gasteiger partial charge is 0.497 e. The molecule has 1 fully saturated rings. The van der Waals surface area contributed by atoms with E-state index in [0.29, 0.717) is 36.6 Å². The Morgan fingerprint density at radius 3 is 2.69 bits per heavy atom. The fourth-order valence-electron chi connectivity index (χ4n) is 4.72. The molecule has 0 saturated carbocycles. The lowest BCUT2D eigenvalue weighted by atomic mass is 10.0. The second-order valence-corrected chi connectivity index (χ2v) is 9.92. The maximum absolute atomic E-state index is 13.3. The maximum Gasteiger partial charge on any atom is 0.254 e. The van der Waals surface area contributed by atoms with Gasteiger partial charge in [-0.25, -0.2) is 0 Å². The number of hydrogen-bond acceptors (Lipinski definition) is 5. The number of ether oxygens (including phenoxy) is 1. The smallest absolute Gasteiger partial charge is 0.254 e. The van der Waals surface area contributed by atoms with E-state index in [0.717, 1.165) is 17.7 Å². The zero-order valence-electron chi connectivity index (χ0n) is 19.7. The number of fused-ring (bicyclic) bond motifs is 1. The summed E-state index contributed by atoms with van der Waals surface area (Å²) in [6.45, 7) is 3.46. The molecule has 1 atom stereocenters. The molecule has 35 heavy (non-hydrogen) atoms. The molecule has 7 nitrogen and oxygen atoms in total. The number of methoxy groups -OCH3 is 1. The van der Waals surface area contributed by atoms with E-state index in [2.05, 4.69) is 16.8 Å². The summed E-state index contributed by atoms with van der Waals surface area (Å²) in [5.41, 5.74) is 3.88. The monoisotopic (exact) mass is 489 g/mol. The summed E-state index contributed by atoms with van der Waals surface area (Å²) in [5, 5.41) is 5.04. The van der Waals surface area contributed by atoms with Crippen LogP contribution in [0.3, 0.4) is 0 Å². The van der Waals surface area contributed by atoms with Crippen molar-refractivity contribution in [1.29, 1.82) is 0 Å². The van der Waals surface area contributed by atoms with Crippen LogP contribution in [0.4, 0.5) is 11.4 Å². The number of benzene rings is 2. The lowest BCUT2D eigenvalue weighted by Gasteiger charge is -2.28. The molecule has 180 valence electrons. The molecular formula is C27H27N3O4S. The number of nitrogens with one attached hydrogen (secondary N) is 1. The van der Waals surface area contributed by atoms with E-state index in [-0.39, 0.29) is 24.1 Å². The number of carbonyl (C=O) groups is 3. The van der Waals surface area contributed by atoms with Gasteiger partial charge in [0.1, 0.15) is 5.75 Å². The third-order valence-corrected chi connectivity index (χ3v) is 7.82. The van der Waals surface area contributed by atoms with Gasteiger partial charge in [0.05, 0.1) is 13.0 Å². The zero-order chi connectivity index (χ0) is 24.5. The Hall–Kier alpha value is -3.65. The number of thiophene rings is 1. The van der Waals surface area contributed by atoms with E-state index in [9.17, 15) is 14.4 Å². The topological polar surface area (TPSA) is 79.0 Å². The highest BCUT2D eigenvalue weighted by atomic mass is 32.1. The molecule has 0 bridgehead atoms. The Labute approximate surface area is 208 Å². The van der Waals surface area contributed by atoms with E-state index in [1.54, 1.807) is 53.7 Å². The maximum atomic E-state index is 13.3. The fraction of sp³-hybridized carbons (Fsp3) is 0.296. The molecule has 1 unspecified atom stereocenters. The third-order valence-electron chi connectivity index (χ3n) is 6.80. The zero-order valence-corrected chi connectivity index (χ0v) is 20.6. The summed E-state index contributed by atoms with van der Waals surface area (Å²) in [6, 6.07) is 14.7. The summed E-state index contributed by atoms with van der Waals surface area (Å²) in [5.74, 6) is -0.101. The standard InChI is InChI=1S/C27H27N3O4S/c1-17-22(27(33)29-12-10-24-18(15-29)11-13-35-24)4-3-5-23(17)28-26(32)19-14-25(31)30(16-19)20-6-8-21(34-2)9-7-20/h3-9,11,13,19H,10,12,14-16H2,1-2H3,(H,28,32).